The number of aromatic nitrogens is 2. The monoisotopic (exact) mass is 288 g/mol. The van der Waals surface area contributed by atoms with Gasteiger partial charge in [-0.3, -0.25) is 9.59 Å². The average Bonchev–Trinajstić information content (AvgIpc) is 2.85. The molecule has 112 valence electrons. The Kier molecular flexibility index (Phi) is 3.39. The zero-order chi connectivity index (χ0) is 15.0. The first-order chi connectivity index (χ1) is 10.0. The summed E-state index contributed by atoms with van der Waals surface area (Å²) in [5.41, 5.74) is 0.495. The number of carbonyl (C=O) groups is 2. The molecule has 2 fully saturated rings. The van der Waals surface area contributed by atoms with Crippen molar-refractivity contribution in [3.05, 3.63) is 23.3 Å². The van der Waals surface area contributed by atoms with Crippen molar-refractivity contribution in [2.24, 2.45) is 0 Å². The standard InChI is InChI=1S/C15H20N4O2/c1-10-9-12(18-11(2)17-10)13(20)19-8-4-6-15(19)5-3-7-16-14(15)21/h9H,3-8H2,1-2H3,(H,16,21). The highest BCUT2D eigenvalue weighted by atomic mass is 16.2. The summed E-state index contributed by atoms with van der Waals surface area (Å²) in [6, 6.07) is 1.70. The van der Waals surface area contributed by atoms with Crippen molar-refractivity contribution in [1.29, 1.82) is 0 Å². The molecular formula is C15H20N4O2. The van der Waals surface area contributed by atoms with Crippen LogP contribution in [0.25, 0.3) is 0 Å². The van der Waals surface area contributed by atoms with Gasteiger partial charge in [0.1, 0.15) is 17.1 Å². The summed E-state index contributed by atoms with van der Waals surface area (Å²) in [5, 5.41) is 2.91. The number of hydrogen-bond acceptors (Lipinski definition) is 4. The number of rotatable bonds is 1. The van der Waals surface area contributed by atoms with E-state index in [1.165, 1.54) is 0 Å². The second-order valence-corrected chi connectivity index (χ2v) is 5.89. The molecule has 1 spiro atoms. The fourth-order valence-corrected chi connectivity index (χ4v) is 3.50. The van der Waals surface area contributed by atoms with E-state index in [1.807, 2.05) is 6.92 Å². The molecule has 3 heterocycles. The molecule has 2 amide bonds. The molecule has 1 N–H and O–H groups in total. The van der Waals surface area contributed by atoms with Gasteiger partial charge in [-0.25, -0.2) is 9.97 Å². The van der Waals surface area contributed by atoms with Crippen LogP contribution in [-0.4, -0.2) is 45.3 Å². The van der Waals surface area contributed by atoms with Crippen molar-refractivity contribution in [2.75, 3.05) is 13.1 Å². The minimum atomic E-state index is -0.665. The quantitative estimate of drug-likeness (QED) is 0.836. The van der Waals surface area contributed by atoms with Gasteiger partial charge >= 0.3 is 0 Å². The van der Waals surface area contributed by atoms with Gasteiger partial charge in [-0.1, -0.05) is 0 Å². The zero-order valence-corrected chi connectivity index (χ0v) is 12.5. The van der Waals surface area contributed by atoms with Crippen molar-refractivity contribution in [3.63, 3.8) is 0 Å². The number of piperidine rings is 1. The number of hydrogen-bond donors (Lipinski definition) is 1. The van der Waals surface area contributed by atoms with Gasteiger partial charge in [-0.05, 0) is 45.6 Å². The Morgan fingerprint density at radius 2 is 2.05 bits per heavy atom. The summed E-state index contributed by atoms with van der Waals surface area (Å²) in [6.45, 7) is 4.94. The van der Waals surface area contributed by atoms with E-state index in [2.05, 4.69) is 15.3 Å². The molecule has 21 heavy (non-hydrogen) atoms. The Morgan fingerprint density at radius 3 is 2.76 bits per heavy atom. The molecule has 2 saturated heterocycles. The predicted octanol–water partition coefficient (Wildman–Crippen LogP) is 0.978. The Hall–Kier alpha value is -1.98. The molecule has 0 aliphatic carbocycles. The van der Waals surface area contributed by atoms with Gasteiger partial charge in [0, 0.05) is 18.8 Å². The van der Waals surface area contributed by atoms with Crippen LogP contribution in [0.15, 0.2) is 6.07 Å². The van der Waals surface area contributed by atoms with Crippen LogP contribution in [0.3, 0.4) is 0 Å². The van der Waals surface area contributed by atoms with Crippen LogP contribution in [-0.2, 0) is 4.79 Å². The van der Waals surface area contributed by atoms with Gasteiger partial charge in [-0.2, -0.15) is 0 Å². The van der Waals surface area contributed by atoms with Crippen molar-refractivity contribution >= 4 is 11.8 Å². The molecule has 1 unspecified atom stereocenters. The predicted molar refractivity (Wildman–Crippen MR) is 76.8 cm³/mol. The first-order valence-electron chi connectivity index (χ1n) is 7.45. The van der Waals surface area contributed by atoms with Gasteiger partial charge in [-0.15, -0.1) is 0 Å². The van der Waals surface area contributed by atoms with Gasteiger partial charge in [0.2, 0.25) is 5.91 Å². The summed E-state index contributed by atoms with van der Waals surface area (Å²) < 4.78 is 0. The van der Waals surface area contributed by atoms with Crippen molar-refractivity contribution < 1.29 is 9.59 Å². The summed E-state index contributed by atoms with van der Waals surface area (Å²) in [6.07, 6.45) is 3.26. The van der Waals surface area contributed by atoms with Crippen LogP contribution in [0.5, 0.6) is 0 Å². The van der Waals surface area contributed by atoms with Crippen molar-refractivity contribution in [1.82, 2.24) is 20.2 Å². The SMILES string of the molecule is Cc1cc(C(=O)N2CCCC23CCCNC3=O)nc(C)n1. The number of aryl methyl sites for hydroxylation is 2. The van der Waals surface area contributed by atoms with E-state index in [0.29, 0.717) is 24.6 Å². The van der Waals surface area contributed by atoms with E-state index in [1.54, 1.807) is 17.9 Å². The number of likely N-dealkylation sites (tertiary alicyclic amines) is 1. The molecular weight excluding hydrogens is 268 g/mol. The van der Waals surface area contributed by atoms with Crippen LogP contribution in [0.2, 0.25) is 0 Å². The molecule has 0 radical (unpaired) electrons. The molecule has 2 aliphatic rings. The molecule has 6 heteroatoms. The third-order valence-corrected chi connectivity index (χ3v) is 4.39. The van der Waals surface area contributed by atoms with Crippen LogP contribution in [0, 0.1) is 13.8 Å². The first-order valence-corrected chi connectivity index (χ1v) is 7.45. The normalized spacial score (nSPS) is 25.2. The zero-order valence-electron chi connectivity index (χ0n) is 12.5. The summed E-state index contributed by atoms with van der Waals surface area (Å²) in [4.78, 5) is 35.4. The molecule has 0 aromatic carbocycles. The van der Waals surface area contributed by atoms with Gasteiger partial charge in [0.25, 0.3) is 5.91 Å². The fourth-order valence-electron chi connectivity index (χ4n) is 3.50. The van der Waals surface area contributed by atoms with Crippen LogP contribution in [0.4, 0.5) is 0 Å². The van der Waals surface area contributed by atoms with Crippen LogP contribution in [0.1, 0.15) is 47.7 Å². The van der Waals surface area contributed by atoms with E-state index in [9.17, 15) is 9.59 Å². The van der Waals surface area contributed by atoms with E-state index < -0.39 is 5.54 Å². The summed E-state index contributed by atoms with van der Waals surface area (Å²) in [7, 11) is 0. The van der Waals surface area contributed by atoms with E-state index in [4.69, 9.17) is 0 Å². The molecule has 1 aromatic heterocycles. The largest absolute Gasteiger partial charge is 0.354 e. The van der Waals surface area contributed by atoms with Gasteiger partial charge in [0.15, 0.2) is 0 Å². The molecule has 3 rings (SSSR count). The number of amides is 2. The third-order valence-electron chi connectivity index (χ3n) is 4.39. The molecule has 0 bridgehead atoms. The Morgan fingerprint density at radius 1 is 1.29 bits per heavy atom. The lowest BCUT2D eigenvalue weighted by Gasteiger charge is -2.39. The lowest BCUT2D eigenvalue weighted by molar-refractivity contribution is -0.133. The number of carbonyl (C=O) groups excluding carboxylic acids is 2. The average molecular weight is 288 g/mol. The van der Waals surface area contributed by atoms with Gasteiger partial charge < -0.3 is 10.2 Å². The van der Waals surface area contributed by atoms with E-state index >= 15 is 0 Å². The molecule has 6 nitrogen and oxygen atoms in total. The van der Waals surface area contributed by atoms with Crippen LogP contribution >= 0.6 is 0 Å². The second-order valence-electron chi connectivity index (χ2n) is 5.89. The summed E-state index contributed by atoms with van der Waals surface area (Å²) in [5.74, 6) is 0.417. The third kappa shape index (κ3) is 2.28. The molecule has 1 atom stereocenters. The summed E-state index contributed by atoms with van der Waals surface area (Å²) >= 11 is 0. The highest BCUT2D eigenvalue weighted by Gasteiger charge is 2.50. The minimum absolute atomic E-state index is 0.0119. The van der Waals surface area contributed by atoms with Crippen molar-refractivity contribution in [3.8, 4) is 0 Å². The Bertz CT molecular complexity index is 581. The van der Waals surface area contributed by atoms with Gasteiger partial charge in [0.05, 0.1) is 0 Å². The topological polar surface area (TPSA) is 75.2 Å². The number of nitrogens with one attached hydrogen (secondary N) is 1. The smallest absolute Gasteiger partial charge is 0.273 e. The maximum Gasteiger partial charge on any atom is 0.273 e. The lowest BCUT2D eigenvalue weighted by atomic mass is 9.86. The molecule has 0 saturated carbocycles. The van der Waals surface area contributed by atoms with Crippen molar-refractivity contribution in [2.45, 2.75) is 45.1 Å². The molecule has 2 aliphatic heterocycles. The van der Waals surface area contributed by atoms with Crippen LogP contribution < -0.4 is 5.32 Å². The second kappa shape index (κ2) is 5.09. The minimum Gasteiger partial charge on any atom is -0.354 e. The van der Waals surface area contributed by atoms with E-state index in [0.717, 1.165) is 31.4 Å². The lowest BCUT2D eigenvalue weighted by Crippen LogP contribution is -2.60. The highest BCUT2D eigenvalue weighted by molar-refractivity contribution is 5.99. The fraction of sp³-hybridized carbons (Fsp3) is 0.600. The first kappa shape index (κ1) is 14.0. The maximum absolute atomic E-state index is 12.8. The maximum atomic E-state index is 12.8. The highest BCUT2D eigenvalue weighted by Crippen LogP contribution is 2.36. The molecule has 1 aromatic rings. The Labute approximate surface area is 124 Å². The number of nitrogens with zero attached hydrogens (tertiary/aromatic N) is 3. The Balaban J connectivity index is 1.94. The van der Waals surface area contributed by atoms with E-state index in [-0.39, 0.29) is 11.8 Å².